The number of ether oxygens (including phenoxy) is 1. The van der Waals surface area contributed by atoms with Crippen molar-refractivity contribution >= 4 is 23.3 Å². The minimum Gasteiger partial charge on any atom is -0.508 e. The Hall–Kier alpha value is -2.86. The monoisotopic (exact) mass is 382 g/mol. The van der Waals surface area contributed by atoms with Crippen molar-refractivity contribution in [2.45, 2.75) is 26.4 Å². The largest absolute Gasteiger partial charge is 0.508 e. The predicted octanol–water partition coefficient (Wildman–Crippen LogP) is 3.66. The molecule has 1 aliphatic rings. The third kappa shape index (κ3) is 4.11. The van der Waals surface area contributed by atoms with E-state index < -0.39 is 12.0 Å². The zero-order chi connectivity index (χ0) is 19.4. The highest BCUT2D eigenvalue weighted by molar-refractivity contribution is 7.80. The highest BCUT2D eigenvalue weighted by Gasteiger charge is 2.34. The number of nitrogens with zero attached hydrogens (tertiary/aromatic N) is 1. The number of benzene rings is 2. The first-order valence-corrected chi connectivity index (χ1v) is 9.21. The summed E-state index contributed by atoms with van der Waals surface area (Å²) in [5, 5.41) is 13.6. The molecule has 1 unspecified atom stereocenters. The van der Waals surface area contributed by atoms with E-state index in [4.69, 9.17) is 17.0 Å². The summed E-state index contributed by atoms with van der Waals surface area (Å²) in [6.07, 6.45) is 0. The van der Waals surface area contributed by atoms with E-state index in [1.54, 1.807) is 25.1 Å². The van der Waals surface area contributed by atoms with Crippen molar-refractivity contribution in [3.8, 4) is 5.75 Å². The molecule has 0 spiro atoms. The van der Waals surface area contributed by atoms with Crippen LogP contribution in [0, 0.1) is 0 Å². The third-order valence-corrected chi connectivity index (χ3v) is 4.82. The molecule has 0 aromatic heterocycles. The number of carbonyl (C=O) groups excluding carboxylic acids is 1. The molecule has 0 bridgehead atoms. The molecule has 3 rings (SSSR count). The topological polar surface area (TPSA) is 61.8 Å². The minimum absolute atomic E-state index is 0.132. The standard InChI is InChI=1S/C21H22N2O3S/c1-3-26-20(25)18-14(2)23(13-15-8-5-4-6-9-15)21(27)22-19(18)16-10-7-11-17(24)12-16/h4-12,19,24H,3,13H2,1-2H3,(H,22,27). The summed E-state index contributed by atoms with van der Waals surface area (Å²) in [5.41, 5.74) is 3.07. The molecule has 1 heterocycles. The van der Waals surface area contributed by atoms with Gasteiger partial charge in [0.25, 0.3) is 0 Å². The Kier molecular flexibility index (Phi) is 5.76. The second-order valence-corrected chi connectivity index (χ2v) is 6.66. The molecule has 0 amide bonds. The van der Waals surface area contributed by atoms with Gasteiger partial charge in [0.2, 0.25) is 0 Å². The summed E-state index contributed by atoms with van der Waals surface area (Å²) in [6.45, 7) is 4.48. The number of allylic oxidation sites excluding steroid dienone is 1. The first-order valence-electron chi connectivity index (χ1n) is 8.80. The van der Waals surface area contributed by atoms with E-state index in [1.165, 1.54) is 0 Å². The summed E-state index contributed by atoms with van der Waals surface area (Å²) in [7, 11) is 0. The summed E-state index contributed by atoms with van der Waals surface area (Å²) >= 11 is 5.58. The van der Waals surface area contributed by atoms with Crippen molar-refractivity contribution in [1.29, 1.82) is 0 Å². The fraction of sp³-hybridized carbons (Fsp3) is 0.238. The second kappa shape index (κ2) is 8.22. The summed E-state index contributed by atoms with van der Waals surface area (Å²) in [6, 6.07) is 16.3. The molecule has 5 nitrogen and oxygen atoms in total. The third-order valence-electron chi connectivity index (χ3n) is 4.48. The Morgan fingerprint density at radius 2 is 1.96 bits per heavy atom. The van der Waals surface area contributed by atoms with E-state index in [9.17, 15) is 9.90 Å². The smallest absolute Gasteiger partial charge is 0.338 e. The molecule has 2 N–H and O–H groups in total. The Bertz CT molecular complexity index is 880. The molecule has 1 atom stereocenters. The fourth-order valence-electron chi connectivity index (χ4n) is 3.17. The van der Waals surface area contributed by atoms with Crippen LogP contribution in [0.25, 0.3) is 0 Å². The average Bonchev–Trinajstić information content (AvgIpc) is 2.65. The van der Waals surface area contributed by atoms with Crippen molar-refractivity contribution in [1.82, 2.24) is 10.2 Å². The highest BCUT2D eigenvalue weighted by atomic mass is 32.1. The van der Waals surface area contributed by atoms with Crippen LogP contribution < -0.4 is 5.32 Å². The quantitative estimate of drug-likeness (QED) is 0.608. The van der Waals surface area contributed by atoms with Gasteiger partial charge >= 0.3 is 5.97 Å². The SMILES string of the molecule is CCOC(=O)C1=C(C)N(Cc2ccccc2)C(=S)NC1c1cccc(O)c1. The maximum atomic E-state index is 12.7. The molecule has 6 heteroatoms. The van der Waals surface area contributed by atoms with E-state index in [0.29, 0.717) is 17.2 Å². The van der Waals surface area contributed by atoms with Gasteiger partial charge in [0.05, 0.1) is 18.2 Å². The number of nitrogens with one attached hydrogen (secondary N) is 1. The van der Waals surface area contributed by atoms with Gasteiger partial charge in [-0.25, -0.2) is 4.79 Å². The Labute approximate surface area is 164 Å². The second-order valence-electron chi connectivity index (χ2n) is 6.27. The lowest BCUT2D eigenvalue weighted by Crippen LogP contribution is -2.47. The van der Waals surface area contributed by atoms with E-state index in [2.05, 4.69) is 5.32 Å². The number of rotatable bonds is 5. The number of phenolic OH excluding ortho intramolecular Hbond substituents is 1. The Balaban J connectivity index is 2.03. The molecule has 0 aliphatic carbocycles. The molecule has 140 valence electrons. The van der Waals surface area contributed by atoms with Gasteiger partial charge in [-0.1, -0.05) is 42.5 Å². The first-order chi connectivity index (χ1) is 13.0. The van der Waals surface area contributed by atoms with E-state index in [-0.39, 0.29) is 12.4 Å². The van der Waals surface area contributed by atoms with Crippen LogP contribution in [-0.2, 0) is 16.1 Å². The average molecular weight is 382 g/mol. The van der Waals surface area contributed by atoms with Gasteiger partial charge in [0.15, 0.2) is 5.11 Å². The Morgan fingerprint density at radius 3 is 2.63 bits per heavy atom. The van der Waals surface area contributed by atoms with Gasteiger partial charge in [0.1, 0.15) is 5.75 Å². The van der Waals surface area contributed by atoms with Crippen LogP contribution >= 0.6 is 12.2 Å². The van der Waals surface area contributed by atoms with Gasteiger partial charge < -0.3 is 20.1 Å². The molecular weight excluding hydrogens is 360 g/mol. The van der Waals surface area contributed by atoms with Crippen LogP contribution in [0.15, 0.2) is 65.9 Å². The van der Waals surface area contributed by atoms with Crippen molar-refractivity contribution in [2.24, 2.45) is 0 Å². The van der Waals surface area contributed by atoms with Gasteiger partial charge in [-0.2, -0.15) is 0 Å². The highest BCUT2D eigenvalue weighted by Crippen LogP contribution is 2.33. The molecule has 0 radical (unpaired) electrons. The zero-order valence-electron chi connectivity index (χ0n) is 15.3. The molecular formula is C21H22N2O3S. The maximum absolute atomic E-state index is 12.7. The predicted molar refractivity (Wildman–Crippen MR) is 108 cm³/mol. The van der Waals surface area contributed by atoms with Crippen LogP contribution in [0.2, 0.25) is 0 Å². The normalized spacial score (nSPS) is 16.9. The van der Waals surface area contributed by atoms with Crippen molar-refractivity contribution in [3.05, 3.63) is 77.0 Å². The van der Waals surface area contributed by atoms with Gasteiger partial charge in [0, 0.05) is 12.2 Å². The van der Waals surface area contributed by atoms with Crippen LogP contribution in [-0.4, -0.2) is 27.7 Å². The summed E-state index contributed by atoms with van der Waals surface area (Å²) in [5.74, 6) is -0.260. The van der Waals surface area contributed by atoms with Crippen LogP contribution in [0.4, 0.5) is 0 Å². The molecule has 2 aromatic carbocycles. The maximum Gasteiger partial charge on any atom is 0.338 e. The summed E-state index contributed by atoms with van der Waals surface area (Å²) < 4.78 is 5.30. The number of thiocarbonyl (C=S) groups is 1. The fourth-order valence-corrected chi connectivity index (χ4v) is 3.48. The molecule has 1 aliphatic heterocycles. The van der Waals surface area contributed by atoms with E-state index in [0.717, 1.165) is 16.8 Å². The molecule has 27 heavy (non-hydrogen) atoms. The van der Waals surface area contributed by atoms with E-state index >= 15 is 0 Å². The number of esters is 1. The summed E-state index contributed by atoms with van der Waals surface area (Å²) in [4.78, 5) is 14.6. The van der Waals surface area contributed by atoms with Crippen LogP contribution in [0.5, 0.6) is 5.75 Å². The first kappa shape index (κ1) is 18.9. The molecule has 0 saturated heterocycles. The lowest BCUT2D eigenvalue weighted by Gasteiger charge is -2.37. The molecule has 2 aromatic rings. The Morgan fingerprint density at radius 1 is 1.22 bits per heavy atom. The van der Waals surface area contributed by atoms with E-state index in [1.807, 2.05) is 48.2 Å². The van der Waals surface area contributed by atoms with Crippen molar-refractivity contribution in [3.63, 3.8) is 0 Å². The molecule has 0 fully saturated rings. The van der Waals surface area contributed by atoms with Gasteiger partial charge in [-0.05, 0) is 49.3 Å². The minimum atomic E-state index is -0.476. The van der Waals surface area contributed by atoms with Crippen molar-refractivity contribution in [2.75, 3.05) is 6.61 Å². The number of carbonyl (C=O) groups is 1. The zero-order valence-corrected chi connectivity index (χ0v) is 16.1. The molecule has 0 saturated carbocycles. The van der Waals surface area contributed by atoms with Crippen LogP contribution in [0.1, 0.15) is 31.0 Å². The van der Waals surface area contributed by atoms with Crippen molar-refractivity contribution < 1.29 is 14.6 Å². The lowest BCUT2D eigenvalue weighted by molar-refractivity contribution is -0.139. The number of aromatic hydroxyl groups is 1. The van der Waals surface area contributed by atoms with Crippen LogP contribution in [0.3, 0.4) is 0 Å². The number of hydrogen-bond acceptors (Lipinski definition) is 4. The number of hydrogen-bond donors (Lipinski definition) is 2. The van der Waals surface area contributed by atoms with Gasteiger partial charge in [-0.3, -0.25) is 0 Å². The van der Waals surface area contributed by atoms with Gasteiger partial charge in [-0.15, -0.1) is 0 Å². The number of phenols is 1. The lowest BCUT2D eigenvalue weighted by atomic mass is 9.94.